The number of aromatic amines is 1. The number of H-pyrrole nitrogens is 1. The van der Waals surface area contributed by atoms with E-state index in [1.807, 2.05) is 20.8 Å². The number of ether oxygens (including phenoxy) is 1. The van der Waals surface area contributed by atoms with Crippen molar-refractivity contribution in [1.29, 1.82) is 0 Å². The number of rotatable bonds is 3. The Kier molecular flexibility index (Phi) is 3.08. The smallest absolute Gasteiger partial charge is 0.255 e. The molecule has 0 fully saturated rings. The van der Waals surface area contributed by atoms with Crippen LogP contribution in [-0.4, -0.2) is 16.6 Å². The molecule has 0 atom stereocenters. The van der Waals surface area contributed by atoms with Crippen LogP contribution in [-0.2, 0) is 21.8 Å². The van der Waals surface area contributed by atoms with Crippen molar-refractivity contribution in [1.82, 2.24) is 9.97 Å². The fourth-order valence-corrected chi connectivity index (χ4v) is 2.81. The zero-order valence-corrected chi connectivity index (χ0v) is 10.6. The molecule has 5 heteroatoms. The fourth-order valence-electron chi connectivity index (χ4n) is 1.78. The van der Waals surface area contributed by atoms with E-state index < -0.39 is 5.60 Å². The fraction of sp³-hybridized carbons (Fsp3) is 0.636. The normalized spacial score (nSPS) is 15.2. The number of hydrogen-bond donors (Lipinski definition) is 1. The molecule has 16 heavy (non-hydrogen) atoms. The molecule has 0 amide bonds. The van der Waals surface area contributed by atoms with E-state index in [2.05, 4.69) is 9.97 Å². The summed E-state index contributed by atoms with van der Waals surface area (Å²) in [6.45, 7) is 6.37. The van der Waals surface area contributed by atoms with E-state index in [4.69, 9.17) is 4.74 Å². The number of thioether (sulfide) groups is 1. The third kappa shape index (κ3) is 2.01. The van der Waals surface area contributed by atoms with Gasteiger partial charge in [0.25, 0.3) is 5.56 Å². The highest BCUT2D eigenvalue weighted by Gasteiger charge is 2.27. The van der Waals surface area contributed by atoms with Gasteiger partial charge in [-0.1, -0.05) is 0 Å². The summed E-state index contributed by atoms with van der Waals surface area (Å²) in [7, 11) is 0. The lowest BCUT2D eigenvalue weighted by Gasteiger charge is -2.23. The van der Waals surface area contributed by atoms with Gasteiger partial charge in [0.1, 0.15) is 11.4 Å². The van der Waals surface area contributed by atoms with Crippen molar-refractivity contribution in [2.75, 3.05) is 6.61 Å². The first kappa shape index (κ1) is 11.7. The van der Waals surface area contributed by atoms with Crippen LogP contribution in [0.1, 0.15) is 37.9 Å². The van der Waals surface area contributed by atoms with Gasteiger partial charge in [-0.2, -0.15) is 11.8 Å². The Bertz CT molecular complexity index is 454. The van der Waals surface area contributed by atoms with Crippen molar-refractivity contribution < 1.29 is 4.74 Å². The van der Waals surface area contributed by atoms with E-state index >= 15 is 0 Å². The predicted octanol–water partition coefficient (Wildman–Crippen LogP) is 1.79. The van der Waals surface area contributed by atoms with Gasteiger partial charge in [-0.15, -0.1) is 0 Å². The van der Waals surface area contributed by atoms with Gasteiger partial charge < -0.3 is 9.72 Å². The SMILES string of the molecule is CCOC(C)(C)c1nc2c(c(=O)[nH]1)CSC2. The Hall–Kier alpha value is -0.810. The zero-order valence-electron chi connectivity index (χ0n) is 9.79. The monoisotopic (exact) mass is 240 g/mol. The Labute approximate surface area is 98.8 Å². The maximum atomic E-state index is 11.8. The number of nitrogens with zero attached hydrogens (tertiary/aromatic N) is 1. The molecule has 1 aromatic rings. The molecule has 0 bridgehead atoms. The largest absolute Gasteiger partial charge is 0.368 e. The van der Waals surface area contributed by atoms with Crippen molar-refractivity contribution in [3.63, 3.8) is 0 Å². The Balaban J connectivity index is 2.44. The zero-order chi connectivity index (χ0) is 11.8. The van der Waals surface area contributed by atoms with E-state index in [0.717, 1.165) is 22.8 Å². The van der Waals surface area contributed by atoms with Gasteiger partial charge >= 0.3 is 0 Å². The summed E-state index contributed by atoms with van der Waals surface area (Å²) in [6, 6.07) is 0. The lowest BCUT2D eigenvalue weighted by molar-refractivity contribution is -0.0211. The van der Waals surface area contributed by atoms with E-state index in [9.17, 15) is 4.79 Å². The van der Waals surface area contributed by atoms with Crippen LogP contribution in [0, 0.1) is 0 Å². The van der Waals surface area contributed by atoms with Gasteiger partial charge in [0.15, 0.2) is 0 Å². The van der Waals surface area contributed by atoms with E-state index in [0.29, 0.717) is 12.4 Å². The molecule has 1 aromatic heterocycles. The molecule has 0 unspecified atom stereocenters. The summed E-state index contributed by atoms with van der Waals surface area (Å²) >= 11 is 1.73. The average molecular weight is 240 g/mol. The second kappa shape index (κ2) is 4.22. The van der Waals surface area contributed by atoms with Gasteiger partial charge in [0.05, 0.1) is 5.69 Å². The quantitative estimate of drug-likeness (QED) is 0.875. The first-order chi connectivity index (χ1) is 7.54. The van der Waals surface area contributed by atoms with Crippen molar-refractivity contribution in [3.8, 4) is 0 Å². The number of aromatic nitrogens is 2. The van der Waals surface area contributed by atoms with Crippen LogP contribution in [0.4, 0.5) is 0 Å². The molecular formula is C11H16N2O2S. The van der Waals surface area contributed by atoms with Crippen LogP contribution in [0.5, 0.6) is 0 Å². The van der Waals surface area contributed by atoms with Gasteiger partial charge in [-0.05, 0) is 20.8 Å². The highest BCUT2D eigenvalue weighted by atomic mass is 32.2. The van der Waals surface area contributed by atoms with Crippen LogP contribution < -0.4 is 5.56 Å². The van der Waals surface area contributed by atoms with Crippen LogP contribution in [0.25, 0.3) is 0 Å². The minimum Gasteiger partial charge on any atom is -0.368 e. The van der Waals surface area contributed by atoms with E-state index in [-0.39, 0.29) is 5.56 Å². The molecule has 0 aromatic carbocycles. The topological polar surface area (TPSA) is 55.0 Å². The van der Waals surface area contributed by atoms with Gasteiger partial charge in [-0.3, -0.25) is 4.79 Å². The highest BCUT2D eigenvalue weighted by molar-refractivity contribution is 7.98. The second-order valence-electron chi connectivity index (χ2n) is 4.28. The predicted molar refractivity (Wildman–Crippen MR) is 64.5 cm³/mol. The third-order valence-electron chi connectivity index (χ3n) is 2.66. The van der Waals surface area contributed by atoms with Crippen LogP contribution in [0.2, 0.25) is 0 Å². The summed E-state index contributed by atoms with van der Waals surface area (Å²) in [5, 5.41) is 0. The molecule has 0 spiro atoms. The maximum absolute atomic E-state index is 11.8. The number of hydrogen-bond acceptors (Lipinski definition) is 4. The minimum absolute atomic E-state index is 0.0159. The molecule has 0 radical (unpaired) electrons. The van der Waals surface area contributed by atoms with Crippen molar-refractivity contribution in [3.05, 3.63) is 27.4 Å². The Morgan fingerprint density at radius 1 is 1.50 bits per heavy atom. The first-order valence-corrected chi connectivity index (χ1v) is 6.54. The van der Waals surface area contributed by atoms with Gasteiger partial charge in [0.2, 0.25) is 0 Å². The molecule has 1 aliphatic rings. The third-order valence-corrected chi connectivity index (χ3v) is 3.63. The molecule has 2 rings (SSSR count). The summed E-state index contributed by atoms with van der Waals surface area (Å²) in [5.41, 5.74) is 1.19. The van der Waals surface area contributed by atoms with Crippen molar-refractivity contribution in [2.24, 2.45) is 0 Å². The first-order valence-electron chi connectivity index (χ1n) is 5.39. The molecule has 4 nitrogen and oxygen atoms in total. The summed E-state index contributed by atoms with van der Waals surface area (Å²) < 4.78 is 5.59. The molecule has 0 saturated carbocycles. The molecule has 1 aliphatic heterocycles. The molecule has 0 saturated heterocycles. The molecule has 1 N–H and O–H groups in total. The lowest BCUT2D eigenvalue weighted by Crippen LogP contribution is -2.29. The van der Waals surface area contributed by atoms with E-state index in [1.54, 1.807) is 11.8 Å². The van der Waals surface area contributed by atoms with Gasteiger partial charge in [0, 0.05) is 23.7 Å². The van der Waals surface area contributed by atoms with Crippen LogP contribution >= 0.6 is 11.8 Å². The molecular weight excluding hydrogens is 224 g/mol. The Morgan fingerprint density at radius 3 is 2.94 bits per heavy atom. The molecule has 0 aliphatic carbocycles. The summed E-state index contributed by atoms with van der Waals surface area (Å²) in [6.07, 6.45) is 0. The number of nitrogens with one attached hydrogen (secondary N) is 1. The lowest BCUT2D eigenvalue weighted by atomic mass is 10.1. The molecule has 2 heterocycles. The van der Waals surface area contributed by atoms with Crippen LogP contribution in [0.3, 0.4) is 0 Å². The maximum Gasteiger partial charge on any atom is 0.255 e. The van der Waals surface area contributed by atoms with Crippen LogP contribution in [0.15, 0.2) is 4.79 Å². The van der Waals surface area contributed by atoms with Gasteiger partial charge in [-0.25, -0.2) is 4.98 Å². The standard InChI is InChI=1S/C11H16N2O2S/c1-4-15-11(2,3)10-12-8-6-16-5-7(8)9(14)13-10/h4-6H2,1-3H3,(H,12,13,14). The minimum atomic E-state index is -0.532. The molecule has 88 valence electrons. The summed E-state index contributed by atoms with van der Waals surface area (Å²) in [4.78, 5) is 19.1. The van der Waals surface area contributed by atoms with Crippen molar-refractivity contribution >= 4 is 11.8 Å². The van der Waals surface area contributed by atoms with Crippen molar-refractivity contribution in [2.45, 2.75) is 37.9 Å². The summed E-state index contributed by atoms with van der Waals surface area (Å²) in [5.74, 6) is 2.22. The van der Waals surface area contributed by atoms with E-state index in [1.165, 1.54) is 0 Å². The highest BCUT2D eigenvalue weighted by Crippen LogP contribution is 2.28. The Morgan fingerprint density at radius 2 is 2.25 bits per heavy atom. The number of fused-ring (bicyclic) bond motifs is 1. The second-order valence-corrected chi connectivity index (χ2v) is 5.26. The average Bonchev–Trinajstić information content (AvgIpc) is 2.65.